The van der Waals surface area contributed by atoms with Gasteiger partial charge in [-0.25, -0.2) is 10.4 Å². The molecule has 0 atom stereocenters. The summed E-state index contributed by atoms with van der Waals surface area (Å²) < 4.78 is 8.13. The molecule has 3 rings (SSSR count). The largest absolute Gasteiger partial charge is 0.493 e. The predicted octanol–water partition coefficient (Wildman–Crippen LogP) is 3.57. The SMILES string of the molecule is CCOc1ccccc1/C=N\NC(=O)c1c(C)nc2ccc(Br)cn12. The predicted molar refractivity (Wildman–Crippen MR) is 100 cm³/mol. The molecule has 0 unspecified atom stereocenters. The lowest BCUT2D eigenvalue weighted by Gasteiger charge is -2.06. The third-order valence-corrected chi connectivity index (χ3v) is 4.03. The highest BCUT2D eigenvalue weighted by Crippen LogP contribution is 2.17. The van der Waals surface area contributed by atoms with Gasteiger partial charge in [0.2, 0.25) is 0 Å². The zero-order valence-electron chi connectivity index (χ0n) is 13.9. The summed E-state index contributed by atoms with van der Waals surface area (Å²) in [7, 11) is 0. The number of halogens is 1. The zero-order valence-corrected chi connectivity index (χ0v) is 15.4. The Kier molecular flexibility index (Phi) is 5.14. The highest BCUT2D eigenvalue weighted by molar-refractivity contribution is 9.10. The van der Waals surface area contributed by atoms with E-state index in [-0.39, 0.29) is 5.91 Å². The summed E-state index contributed by atoms with van der Waals surface area (Å²) in [6, 6.07) is 11.2. The second-order valence-electron chi connectivity index (χ2n) is 5.29. The minimum atomic E-state index is -0.326. The number of para-hydroxylation sites is 1. The minimum Gasteiger partial charge on any atom is -0.493 e. The molecule has 0 saturated heterocycles. The number of pyridine rings is 1. The molecule has 7 heteroatoms. The van der Waals surface area contributed by atoms with Gasteiger partial charge < -0.3 is 4.74 Å². The maximum atomic E-state index is 12.5. The molecule has 1 aromatic carbocycles. The first-order valence-electron chi connectivity index (χ1n) is 7.79. The van der Waals surface area contributed by atoms with Crippen LogP contribution in [0.25, 0.3) is 5.65 Å². The van der Waals surface area contributed by atoms with Crippen molar-refractivity contribution >= 4 is 33.7 Å². The number of rotatable bonds is 5. The molecule has 0 aliphatic carbocycles. The summed E-state index contributed by atoms with van der Waals surface area (Å²) in [5, 5.41) is 4.05. The summed E-state index contributed by atoms with van der Waals surface area (Å²) in [5.74, 6) is 0.395. The normalized spacial score (nSPS) is 11.2. The van der Waals surface area contributed by atoms with E-state index in [1.165, 1.54) is 0 Å². The van der Waals surface area contributed by atoms with Gasteiger partial charge in [0, 0.05) is 16.2 Å². The van der Waals surface area contributed by atoms with Crippen molar-refractivity contribution in [2.24, 2.45) is 5.10 Å². The summed E-state index contributed by atoms with van der Waals surface area (Å²) in [4.78, 5) is 16.9. The number of nitrogens with zero attached hydrogens (tertiary/aromatic N) is 3. The van der Waals surface area contributed by atoms with Crippen LogP contribution in [0.2, 0.25) is 0 Å². The molecule has 0 saturated carbocycles. The highest BCUT2D eigenvalue weighted by atomic mass is 79.9. The van der Waals surface area contributed by atoms with Gasteiger partial charge >= 0.3 is 0 Å². The van der Waals surface area contributed by atoms with Crippen molar-refractivity contribution in [3.8, 4) is 5.75 Å². The van der Waals surface area contributed by atoms with Crippen molar-refractivity contribution in [3.05, 3.63) is 64.0 Å². The van der Waals surface area contributed by atoms with Crippen molar-refractivity contribution in [2.75, 3.05) is 6.61 Å². The molecule has 1 N–H and O–H groups in total. The lowest BCUT2D eigenvalue weighted by Crippen LogP contribution is -2.20. The molecule has 0 radical (unpaired) electrons. The van der Waals surface area contributed by atoms with Gasteiger partial charge in [-0.15, -0.1) is 0 Å². The Morgan fingerprint density at radius 2 is 2.16 bits per heavy atom. The molecular formula is C18H17BrN4O2. The average Bonchev–Trinajstić information content (AvgIpc) is 2.91. The second-order valence-corrected chi connectivity index (χ2v) is 6.21. The number of amides is 1. The molecule has 3 aromatic rings. The smallest absolute Gasteiger partial charge is 0.290 e. The lowest BCUT2D eigenvalue weighted by atomic mass is 10.2. The van der Waals surface area contributed by atoms with Crippen LogP contribution in [-0.2, 0) is 0 Å². The molecule has 0 spiro atoms. The van der Waals surface area contributed by atoms with Gasteiger partial charge in [0.25, 0.3) is 5.91 Å². The van der Waals surface area contributed by atoms with Crippen LogP contribution in [0, 0.1) is 6.92 Å². The van der Waals surface area contributed by atoms with Crippen molar-refractivity contribution in [2.45, 2.75) is 13.8 Å². The topological polar surface area (TPSA) is 68.0 Å². The van der Waals surface area contributed by atoms with Crippen LogP contribution in [0.3, 0.4) is 0 Å². The van der Waals surface area contributed by atoms with Crippen molar-refractivity contribution in [3.63, 3.8) is 0 Å². The molecule has 0 aliphatic heterocycles. The van der Waals surface area contributed by atoms with Gasteiger partial charge in [-0.3, -0.25) is 9.20 Å². The van der Waals surface area contributed by atoms with E-state index >= 15 is 0 Å². The standard InChI is InChI=1S/C18H17BrN4O2/c1-3-25-15-7-5-4-6-13(15)10-20-22-18(24)17-12(2)21-16-9-8-14(19)11-23(16)17/h4-11H,3H2,1-2H3,(H,22,24)/b20-10-. The number of imidazole rings is 1. The first-order chi connectivity index (χ1) is 12.1. The molecular weight excluding hydrogens is 384 g/mol. The Morgan fingerprint density at radius 3 is 2.96 bits per heavy atom. The Balaban J connectivity index is 1.82. The van der Waals surface area contributed by atoms with Gasteiger partial charge in [0.15, 0.2) is 0 Å². The van der Waals surface area contributed by atoms with E-state index in [1.807, 2.05) is 43.3 Å². The summed E-state index contributed by atoms with van der Waals surface area (Å²) in [5.41, 5.74) is 5.14. The number of hydrazone groups is 1. The van der Waals surface area contributed by atoms with E-state index in [4.69, 9.17) is 4.74 Å². The molecule has 128 valence electrons. The number of carbonyl (C=O) groups is 1. The van der Waals surface area contributed by atoms with E-state index in [1.54, 1.807) is 23.7 Å². The molecule has 2 aromatic heterocycles. The number of nitrogens with one attached hydrogen (secondary N) is 1. The highest BCUT2D eigenvalue weighted by Gasteiger charge is 2.16. The van der Waals surface area contributed by atoms with Crippen LogP contribution in [0.1, 0.15) is 28.7 Å². The van der Waals surface area contributed by atoms with Crippen molar-refractivity contribution in [1.29, 1.82) is 0 Å². The van der Waals surface area contributed by atoms with Crippen LogP contribution in [0.4, 0.5) is 0 Å². The Labute approximate surface area is 153 Å². The molecule has 0 fully saturated rings. The molecule has 6 nitrogen and oxygen atoms in total. The van der Waals surface area contributed by atoms with Gasteiger partial charge in [0.05, 0.1) is 18.5 Å². The lowest BCUT2D eigenvalue weighted by molar-refractivity contribution is 0.0948. The number of fused-ring (bicyclic) bond motifs is 1. The van der Waals surface area contributed by atoms with Crippen molar-refractivity contribution in [1.82, 2.24) is 14.8 Å². The third-order valence-electron chi connectivity index (χ3n) is 3.56. The summed E-state index contributed by atoms with van der Waals surface area (Å²) in [6.07, 6.45) is 3.37. The Bertz CT molecular complexity index is 949. The van der Waals surface area contributed by atoms with Crippen LogP contribution in [0.15, 0.2) is 52.2 Å². The van der Waals surface area contributed by atoms with E-state index in [2.05, 4.69) is 31.4 Å². The fraction of sp³-hybridized carbons (Fsp3) is 0.167. The number of ether oxygens (including phenoxy) is 1. The first-order valence-corrected chi connectivity index (χ1v) is 8.59. The van der Waals surface area contributed by atoms with Crippen LogP contribution >= 0.6 is 15.9 Å². The molecule has 0 aliphatic rings. The quantitative estimate of drug-likeness (QED) is 0.525. The number of benzene rings is 1. The Morgan fingerprint density at radius 1 is 1.36 bits per heavy atom. The molecule has 2 heterocycles. The van der Waals surface area contributed by atoms with Gasteiger partial charge in [-0.2, -0.15) is 5.10 Å². The maximum Gasteiger partial charge on any atom is 0.290 e. The average molecular weight is 401 g/mol. The molecule has 25 heavy (non-hydrogen) atoms. The van der Waals surface area contributed by atoms with Gasteiger partial charge in [-0.1, -0.05) is 12.1 Å². The Hall–Kier alpha value is -2.67. The number of carbonyl (C=O) groups excluding carboxylic acids is 1. The van der Waals surface area contributed by atoms with E-state index < -0.39 is 0 Å². The summed E-state index contributed by atoms with van der Waals surface area (Å²) in [6.45, 7) is 4.28. The first kappa shape index (κ1) is 17.2. The zero-order chi connectivity index (χ0) is 17.8. The van der Waals surface area contributed by atoms with Crippen LogP contribution in [-0.4, -0.2) is 28.1 Å². The fourth-order valence-corrected chi connectivity index (χ4v) is 2.83. The van der Waals surface area contributed by atoms with Crippen LogP contribution < -0.4 is 10.2 Å². The van der Waals surface area contributed by atoms with E-state index in [9.17, 15) is 4.79 Å². The fourth-order valence-electron chi connectivity index (χ4n) is 2.50. The minimum absolute atomic E-state index is 0.326. The monoisotopic (exact) mass is 400 g/mol. The number of aromatic nitrogens is 2. The number of hydrogen-bond donors (Lipinski definition) is 1. The van der Waals surface area contributed by atoms with E-state index in [0.717, 1.165) is 15.8 Å². The number of hydrogen-bond acceptors (Lipinski definition) is 4. The second kappa shape index (κ2) is 7.48. The van der Waals surface area contributed by atoms with Crippen LogP contribution in [0.5, 0.6) is 5.75 Å². The van der Waals surface area contributed by atoms with Crippen molar-refractivity contribution < 1.29 is 9.53 Å². The molecule has 0 bridgehead atoms. The summed E-state index contributed by atoms with van der Waals surface area (Å²) >= 11 is 3.41. The van der Waals surface area contributed by atoms with Gasteiger partial charge in [0.1, 0.15) is 17.1 Å². The van der Waals surface area contributed by atoms with Gasteiger partial charge in [-0.05, 0) is 54.0 Å². The number of aryl methyl sites for hydroxylation is 1. The third kappa shape index (κ3) is 3.71. The molecule has 1 amide bonds. The maximum absolute atomic E-state index is 12.5. The van der Waals surface area contributed by atoms with E-state index in [0.29, 0.717) is 23.6 Å².